The number of likely N-dealkylation sites (tertiary alicyclic amines) is 1. The fraction of sp³-hybridized carbons (Fsp3) is 0.857. The molecule has 0 spiro atoms. The van der Waals surface area contributed by atoms with Gasteiger partial charge in [-0.2, -0.15) is 0 Å². The maximum Gasteiger partial charge on any atom is 0.222 e. The Morgan fingerprint density at radius 2 is 2.50 bits per heavy atom. The van der Waals surface area contributed by atoms with Gasteiger partial charge in [0.15, 0.2) is 0 Å². The number of carbonyl (C=O) groups is 1. The van der Waals surface area contributed by atoms with Crippen LogP contribution in [0.2, 0.25) is 0 Å². The molecule has 0 aromatic carbocycles. The second-order valence-corrected chi connectivity index (χ2v) is 2.87. The fourth-order valence-electron chi connectivity index (χ4n) is 1.31. The predicted octanol–water partition coefficient (Wildman–Crippen LogP) is -0.153. The predicted molar refractivity (Wildman–Crippen MR) is 37.4 cm³/mol. The van der Waals surface area contributed by atoms with Gasteiger partial charge in [0.05, 0.1) is 6.61 Å². The van der Waals surface area contributed by atoms with Crippen LogP contribution < -0.4 is 0 Å². The number of β-amino-alcohol motifs (C(OH)–C–C–N with tert-alkyl or cyclic N) is 1. The van der Waals surface area contributed by atoms with Crippen LogP contribution in [-0.2, 0) is 4.79 Å². The normalized spacial score (nSPS) is 26.0. The summed E-state index contributed by atoms with van der Waals surface area (Å²) < 4.78 is 0. The van der Waals surface area contributed by atoms with Gasteiger partial charge in [0.2, 0.25) is 5.91 Å². The zero-order chi connectivity index (χ0) is 7.56. The molecule has 0 aromatic heterocycles. The molecule has 1 saturated heterocycles. The van der Waals surface area contributed by atoms with E-state index < -0.39 is 0 Å². The lowest BCUT2D eigenvalue weighted by atomic mass is 10.2. The molecule has 1 N–H and O–H groups in total. The summed E-state index contributed by atoms with van der Waals surface area (Å²) in [5.74, 6) is 0.653. The second-order valence-electron chi connectivity index (χ2n) is 2.87. The molecule has 10 heavy (non-hydrogen) atoms. The Bertz CT molecular complexity index is 136. The molecular weight excluding hydrogens is 130 g/mol. The van der Waals surface area contributed by atoms with Crippen LogP contribution in [0.25, 0.3) is 0 Å². The maximum atomic E-state index is 11.0. The molecule has 58 valence electrons. The number of aliphatic hydroxyl groups is 1. The van der Waals surface area contributed by atoms with Crippen LogP contribution in [0.15, 0.2) is 0 Å². The Morgan fingerprint density at radius 3 is 2.90 bits per heavy atom. The van der Waals surface area contributed by atoms with Crippen LogP contribution in [0.3, 0.4) is 0 Å². The summed E-state index contributed by atoms with van der Waals surface area (Å²) in [4.78, 5) is 12.7. The van der Waals surface area contributed by atoms with Crippen molar-refractivity contribution >= 4 is 5.91 Å². The number of hydrogen-bond donors (Lipinski definition) is 1. The van der Waals surface area contributed by atoms with Crippen molar-refractivity contribution in [2.75, 3.05) is 19.7 Å². The first kappa shape index (κ1) is 7.54. The molecule has 0 aromatic rings. The lowest BCUT2D eigenvalue weighted by molar-refractivity contribution is -0.128. The Morgan fingerprint density at radius 1 is 1.80 bits per heavy atom. The van der Waals surface area contributed by atoms with E-state index in [1.54, 1.807) is 4.90 Å². The number of nitrogens with zero attached hydrogens (tertiary/aromatic N) is 1. The van der Waals surface area contributed by atoms with E-state index in [2.05, 4.69) is 6.92 Å². The number of amides is 1. The summed E-state index contributed by atoms with van der Waals surface area (Å²) in [7, 11) is 0. The molecule has 1 aliphatic rings. The van der Waals surface area contributed by atoms with Gasteiger partial charge < -0.3 is 10.0 Å². The summed E-state index contributed by atoms with van der Waals surface area (Å²) in [6.07, 6.45) is 0.653. The summed E-state index contributed by atoms with van der Waals surface area (Å²) in [5.41, 5.74) is 0. The Labute approximate surface area is 60.6 Å². The first-order valence-corrected chi connectivity index (χ1v) is 3.62. The van der Waals surface area contributed by atoms with Gasteiger partial charge in [-0.1, -0.05) is 6.92 Å². The fourth-order valence-corrected chi connectivity index (χ4v) is 1.31. The average molecular weight is 143 g/mol. The van der Waals surface area contributed by atoms with Crippen molar-refractivity contribution in [1.82, 2.24) is 4.90 Å². The highest BCUT2D eigenvalue weighted by Gasteiger charge is 2.25. The smallest absolute Gasteiger partial charge is 0.222 e. The molecule has 3 heteroatoms. The molecule has 1 fully saturated rings. The molecule has 3 nitrogen and oxygen atoms in total. The first-order valence-electron chi connectivity index (χ1n) is 3.62. The quantitative estimate of drug-likeness (QED) is 0.584. The summed E-state index contributed by atoms with van der Waals surface area (Å²) in [6, 6.07) is 0. The van der Waals surface area contributed by atoms with Gasteiger partial charge >= 0.3 is 0 Å². The second kappa shape index (κ2) is 3.01. The van der Waals surface area contributed by atoms with Crippen LogP contribution in [-0.4, -0.2) is 35.6 Å². The van der Waals surface area contributed by atoms with Gasteiger partial charge in [-0.15, -0.1) is 0 Å². The van der Waals surface area contributed by atoms with Crippen molar-refractivity contribution in [3.63, 3.8) is 0 Å². The lowest BCUT2D eigenvalue weighted by Crippen LogP contribution is -2.27. The highest BCUT2D eigenvalue weighted by atomic mass is 16.3. The van der Waals surface area contributed by atoms with E-state index in [0.717, 1.165) is 6.54 Å². The Hall–Kier alpha value is -0.570. The van der Waals surface area contributed by atoms with E-state index >= 15 is 0 Å². The number of aliphatic hydroxyl groups excluding tert-OH is 1. The van der Waals surface area contributed by atoms with E-state index in [1.807, 2.05) is 0 Å². The SMILES string of the molecule is C[C@H]1CC(=O)N(CCO)C1. The van der Waals surface area contributed by atoms with Gasteiger partial charge in [0.1, 0.15) is 0 Å². The highest BCUT2D eigenvalue weighted by Crippen LogP contribution is 2.15. The molecule has 0 radical (unpaired) electrons. The van der Waals surface area contributed by atoms with Gasteiger partial charge in [-0.05, 0) is 5.92 Å². The van der Waals surface area contributed by atoms with Gasteiger partial charge in [-0.25, -0.2) is 0 Å². The maximum absolute atomic E-state index is 11.0. The van der Waals surface area contributed by atoms with E-state index in [-0.39, 0.29) is 12.5 Å². The third kappa shape index (κ3) is 1.48. The van der Waals surface area contributed by atoms with Crippen molar-refractivity contribution in [3.05, 3.63) is 0 Å². The molecule has 1 aliphatic heterocycles. The summed E-state index contributed by atoms with van der Waals surface area (Å²) >= 11 is 0. The Balaban J connectivity index is 2.39. The van der Waals surface area contributed by atoms with Gasteiger partial charge in [0.25, 0.3) is 0 Å². The number of rotatable bonds is 2. The molecule has 1 atom stereocenters. The molecule has 0 aliphatic carbocycles. The van der Waals surface area contributed by atoms with E-state index in [9.17, 15) is 4.79 Å². The average Bonchev–Trinajstić information content (AvgIpc) is 2.13. The standard InChI is InChI=1S/C7H13NO2/c1-6-4-7(10)8(5-6)2-3-9/h6,9H,2-5H2,1H3/t6-/m0/s1. The topological polar surface area (TPSA) is 40.5 Å². The molecule has 1 rings (SSSR count). The van der Waals surface area contributed by atoms with Crippen LogP contribution in [0.1, 0.15) is 13.3 Å². The van der Waals surface area contributed by atoms with Crippen LogP contribution in [0.4, 0.5) is 0 Å². The van der Waals surface area contributed by atoms with Crippen molar-refractivity contribution in [2.24, 2.45) is 5.92 Å². The molecular formula is C7H13NO2. The summed E-state index contributed by atoms with van der Waals surface area (Å²) in [6.45, 7) is 3.45. The summed E-state index contributed by atoms with van der Waals surface area (Å²) in [5, 5.41) is 8.54. The minimum atomic E-state index is 0.0818. The van der Waals surface area contributed by atoms with Crippen LogP contribution >= 0.6 is 0 Å². The first-order chi connectivity index (χ1) is 4.74. The Kier molecular flexibility index (Phi) is 2.27. The van der Waals surface area contributed by atoms with Crippen LogP contribution in [0.5, 0.6) is 0 Å². The zero-order valence-electron chi connectivity index (χ0n) is 6.21. The molecule has 1 amide bonds. The van der Waals surface area contributed by atoms with Crippen molar-refractivity contribution < 1.29 is 9.90 Å². The monoisotopic (exact) mass is 143 g/mol. The number of carbonyl (C=O) groups excluding carboxylic acids is 1. The molecule has 1 heterocycles. The van der Waals surface area contributed by atoms with Crippen LogP contribution in [0, 0.1) is 5.92 Å². The zero-order valence-corrected chi connectivity index (χ0v) is 6.21. The minimum Gasteiger partial charge on any atom is -0.395 e. The van der Waals surface area contributed by atoms with Gasteiger partial charge in [-0.3, -0.25) is 4.79 Å². The van der Waals surface area contributed by atoms with Gasteiger partial charge in [0, 0.05) is 19.5 Å². The van der Waals surface area contributed by atoms with E-state index in [4.69, 9.17) is 5.11 Å². The minimum absolute atomic E-state index is 0.0818. The van der Waals surface area contributed by atoms with E-state index in [1.165, 1.54) is 0 Å². The molecule has 0 unspecified atom stereocenters. The van der Waals surface area contributed by atoms with Crippen molar-refractivity contribution in [1.29, 1.82) is 0 Å². The third-order valence-corrected chi connectivity index (χ3v) is 1.78. The molecule has 0 bridgehead atoms. The lowest BCUT2D eigenvalue weighted by Gasteiger charge is -2.13. The van der Waals surface area contributed by atoms with Crippen molar-refractivity contribution in [3.8, 4) is 0 Å². The third-order valence-electron chi connectivity index (χ3n) is 1.78. The molecule has 0 saturated carbocycles. The van der Waals surface area contributed by atoms with Crippen molar-refractivity contribution in [2.45, 2.75) is 13.3 Å². The highest BCUT2D eigenvalue weighted by molar-refractivity contribution is 5.78. The van der Waals surface area contributed by atoms with E-state index in [0.29, 0.717) is 18.9 Å². The number of hydrogen-bond acceptors (Lipinski definition) is 2. The largest absolute Gasteiger partial charge is 0.395 e.